The number of hydrogen-bond donors (Lipinski definition) is 2. The maximum Gasteiger partial charge on any atom is 0.335 e. The summed E-state index contributed by atoms with van der Waals surface area (Å²) in [6.07, 6.45) is 3.67. The Morgan fingerprint density at radius 1 is 0.862 bits per heavy atom. The predicted octanol–water partition coefficient (Wildman–Crippen LogP) is 2.75. The number of aromatic carboxylic acids is 1. The van der Waals surface area contributed by atoms with E-state index in [1.807, 2.05) is 0 Å². The molecular weight excluding hydrogens is 416 g/mol. The Hall–Kier alpha value is -2.43. The van der Waals surface area contributed by atoms with Crippen LogP contribution < -0.4 is 4.72 Å². The summed E-state index contributed by atoms with van der Waals surface area (Å²) in [4.78, 5) is 11.0. The maximum atomic E-state index is 12.8. The van der Waals surface area contributed by atoms with Gasteiger partial charge in [-0.1, -0.05) is 18.9 Å². The van der Waals surface area contributed by atoms with Crippen molar-refractivity contribution in [2.45, 2.75) is 35.5 Å². The number of carboxylic acid groups (broad SMARTS) is 1. The summed E-state index contributed by atoms with van der Waals surface area (Å²) in [6.45, 7) is 0.966. The van der Waals surface area contributed by atoms with Crippen molar-refractivity contribution < 1.29 is 26.7 Å². The molecular formula is C19H22N2O6S2. The lowest BCUT2D eigenvalue weighted by Crippen LogP contribution is -2.31. The number of sulfonamides is 2. The summed E-state index contributed by atoms with van der Waals surface area (Å²) in [6, 6.07) is 10.5. The molecule has 1 saturated heterocycles. The standard InChI is InChI=1S/C19H22N2O6S2/c22-19(23)15-6-5-7-18(14-15)28(24,25)20-16-8-10-17(11-9-16)29(26,27)21-12-3-1-2-4-13-21/h5-11,14,20H,1-4,12-13H2,(H,22,23). The fourth-order valence-electron chi connectivity index (χ4n) is 3.14. The third-order valence-corrected chi connectivity index (χ3v) is 7.99. The highest BCUT2D eigenvalue weighted by atomic mass is 32.2. The number of nitrogens with one attached hydrogen (secondary N) is 1. The molecule has 0 amide bonds. The Morgan fingerprint density at radius 2 is 1.48 bits per heavy atom. The smallest absolute Gasteiger partial charge is 0.335 e. The van der Waals surface area contributed by atoms with E-state index in [1.165, 1.54) is 46.8 Å². The van der Waals surface area contributed by atoms with Crippen LogP contribution in [-0.2, 0) is 20.0 Å². The third kappa shape index (κ3) is 4.95. The molecule has 1 aliphatic heterocycles. The zero-order valence-electron chi connectivity index (χ0n) is 15.6. The zero-order valence-corrected chi connectivity index (χ0v) is 17.2. The number of carboxylic acids is 1. The molecule has 2 aromatic carbocycles. The van der Waals surface area contributed by atoms with Crippen molar-refractivity contribution in [1.29, 1.82) is 0 Å². The lowest BCUT2D eigenvalue weighted by molar-refractivity contribution is 0.0696. The van der Waals surface area contributed by atoms with Crippen LogP contribution in [0, 0.1) is 0 Å². The highest BCUT2D eigenvalue weighted by molar-refractivity contribution is 7.92. The van der Waals surface area contributed by atoms with E-state index in [0.29, 0.717) is 13.1 Å². The molecule has 0 bridgehead atoms. The maximum absolute atomic E-state index is 12.8. The Bertz CT molecular complexity index is 1090. The van der Waals surface area contributed by atoms with Gasteiger partial charge in [0.25, 0.3) is 10.0 Å². The molecule has 0 aromatic heterocycles. The average Bonchev–Trinajstić information content (AvgIpc) is 2.98. The summed E-state index contributed by atoms with van der Waals surface area (Å²) in [5.41, 5.74) is 0.0345. The number of anilines is 1. The van der Waals surface area contributed by atoms with Crippen LogP contribution in [0.5, 0.6) is 0 Å². The molecule has 1 aliphatic rings. The molecule has 0 spiro atoms. The predicted molar refractivity (Wildman–Crippen MR) is 108 cm³/mol. The number of nitrogens with zero attached hydrogens (tertiary/aromatic N) is 1. The molecule has 0 aliphatic carbocycles. The van der Waals surface area contributed by atoms with E-state index in [9.17, 15) is 21.6 Å². The van der Waals surface area contributed by atoms with Crippen molar-refractivity contribution >= 4 is 31.7 Å². The number of rotatable bonds is 6. The Kier molecular flexibility index (Phi) is 6.25. The molecule has 2 N–H and O–H groups in total. The molecule has 0 unspecified atom stereocenters. The van der Waals surface area contributed by atoms with Gasteiger partial charge in [-0.3, -0.25) is 4.72 Å². The van der Waals surface area contributed by atoms with Crippen molar-refractivity contribution in [2.24, 2.45) is 0 Å². The summed E-state index contributed by atoms with van der Waals surface area (Å²) in [5.74, 6) is -1.23. The van der Waals surface area contributed by atoms with Gasteiger partial charge < -0.3 is 5.11 Å². The fourth-order valence-corrected chi connectivity index (χ4v) is 5.76. The van der Waals surface area contributed by atoms with Gasteiger partial charge in [-0.25, -0.2) is 21.6 Å². The van der Waals surface area contributed by atoms with Gasteiger partial charge in [-0.15, -0.1) is 0 Å². The van der Waals surface area contributed by atoms with E-state index < -0.39 is 26.0 Å². The lowest BCUT2D eigenvalue weighted by atomic mass is 10.2. The van der Waals surface area contributed by atoms with Crippen LogP contribution in [0.3, 0.4) is 0 Å². The van der Waals surface area contributed by atoms with Crippen molar-refractivity contribution in [1.82, 2.24) is 4.31 Å². The number of benzene rings is 2. The van der Waals surface area contributed by atoms with Crippen LogP contribution in [0.1, 0.15) is 36.0 Å². The molecule has 29 heavy (non-hydrogen) atoms. The second kappa shape index (κ2) is 8.52. The summed E-state index contributed by atoms with van der Waals surface area (Å²) in [5, 5.41) is 9.02. The van der Waals surface area contributed by atoms with Gasteiger partial charge in [0.2, 0.25) is 10.0 Å². The minimum Gasteiger partial charge on any atom is -0.478 e. The van der Waals surface area contributed by atoms with Crippen molar-refractivity contribution in [2.75, 3.05) is 17.8 Å². The molecule has 1 fully saturated rings. The van der Waals surface area contributed by atoms with Gasteiger partial charge >= 0.3 is 5.97 Å². The van der Waals surface area contributed by atoms with Crippen molar-refractivity contribution in [3.63, 3.8) is 0 Å². The van der Waals surface area contributed by atoms with E-state index in [0.717, 1.165) is 31.7 Å². The highest BCUT2D eigenvalue weighted by Gasteiger charge is 2.25. The normalized spacial score (nSPS) is 16.1. The molecule has 8 nitrogen and oxygen atoms in total. The molecule has 3 rings (SSSR count). The summed E-state index contributed by atoms with van der Waals surface area (Å²) >= 11 is 0. The molecule has 156 valence electrons. The van der Waals surface area contributed by atoms with E-state index in [-0.39, 0.29) is 21.0 Å². The van der Waals surface area contributed by atoms with E-state index >= 15 is 0 Å². The average molecular weight is 439 g/mol. The Balaban J connectivity index is 1.79. The third-order valence-electron chi connectivity index (χ3n) is 4.70. The summed E-state index contributed by atoms with van der Waals surface area (Å²) in [7, 11) is -7.64. The summed E-state index contributed by atoms with van der Waals surface area (Å²) < 4.78 is 54.4. The van der Waals surface area contributed by atoms with Gasteiger partial charge in [0.05, 0.1) is 15.4 Å². The molecule has 2 aromatic rings. The molecule has 0 saturated carbocycles. The first-order valence-electron chi connectivity index (χ1n) is 9.16. The van der Waals surface area contributed by atoms with Gasteiger partial charge in [0.15, 0.2) is 0 Å². The van der Waals surface area contributed by atoms with Gasteiger partial charge in [-0.2, -0.15) is 4.31 Å². The topological polar surface area (TPSA) is 121 Å². The molecule has 10 heteroatoms. The molecule has 1 heterocycles. The van der Waals surface area contributed by atoms with E-state index in [1.54, 1.807) is 0 Å². The first-order valence-corrected chi connectivity index (χ1v) is 12.1. The van der Waals surface area contributed by atoms with Crippen LogP contribution in [0.4, 0.5) is 5.69 Å². The van der Waals surface area contributed by atoms with E-state index in [4.69, 9.17) is 5.11 Å². The fraction of sp³-hybridized carbons (Fsp3) is 0.316. The second-order valence-electron chi connectivity index (χ2n) is 6.78. The van der Waals surface area contributed by atoms with Crippen LogP contribution in [-0.4, -0.2) is 45.3 Å². The number of carbonyl (C=O) groups is 1. The SMILES string of the molecule is O=C(O)c1cccc(S(=O)(=O)Nc2ccc(S(=O)(=O)N3CCCCCC3)cc2)c1. The van der Waals surface area contributed by atoms with E-state index in [2.05, 4.69) is 4.72 Å². The number of hydrogen-bond acceptors (Lipinski definition) is 5. The largest absolute Gasteiger partial charge is 0.478 e. The van der Waals surface area contributed by atoms with Crippen LogP contribution in [0.15, 0.2) is 58.3 Å². The zero-order chi connectivity index (χ0) is 21.1. The van der Waals surface area contributed by atoms with Crippen LogP contribution in [0.25, 0.3) is 0 Å². The van der Waals surface area contributed by atoms with Gasteiger partial charge in [-0.05, 0) is 55.3 Å². The molecule has 0 radical (unpaired) electrons. The first kappa shape index (κ1) is 21.3. The Labute approximate surface area is 170 Å². The second-order valence-corrected chi connectivity index (χ2v) is 10.4. The lowest BCUT2D eigenvalue weighted by Gasteiger charge is -2.20. The highest BCUT2D eigenvalue weighted by Crippen LogP contribution is 2.23. The minimum absolute atomic E-state index is 0.107. The monoisotopic (exact) mass is 438 g/mol. The quantitative estimate of drug-likeness (QED) is 0.715. The van der Waals surface area contributed by atoms with Gasteiger partial charge in [0, 0.05) is 18.8 Å². The molecule has 0 atom stereocenters. The van der Waals surface area contributed by atoms with Crippen LogP contribution in [0.2, 0.25) is 0 Å². The van der Waals surface area contributed by atoms with Crippen LogP contribution >= 0.6 is 0 Å². The van der Waals surface area contributed by atoms with Gasteiger partial charge in [0.1, 0.15) is 0 Å². The minimum atomic E-state index is -4.02. The van der Waals surface area contributed by atoms with Crippen molar-refractivity contribution in [3.8, 4) is 0 Å². The Morgan fingerprint density at radius 3 is 2.07 bits per heavy atom. The first-order chi connectivity index (χ1) is 13.7. The van der Waals surface area contributed by atoms with Crippen molar-refractivity contribution in [3.05, 3.63) is 54.1 Å².